The first-order valence-corrected chi connectivity index (χ1v) is 9.94. The van der Waals surface area contributed by atoms with Crippen LogP contribution >= 0.6 is 0 Å². The van der Waals surface area contributed by atoms with E-state index >= 15 is 0 Å². The number of hydrogen-bond acceptors (Lipinski definition) is 5. The molecule has 154 valence electrons. The first-order valence-electron chi connectivity index (χ1n) is 9.94. The van der Waals surface area contributed by atoms with E-state index in [2.05, 4.69) is 0 Å². The Labute approximate surface area is 171 Å². The van der Waals surface area contributed by atoms with Crippen molar-refractivity contribution in [3.8, 4) is 5.75 Å². The number of carbonyl (C=O) groups is 1. The van der Waals surface area contributed by atoms with Gasteiger partial charge < -0.3 is 14.5 Å². The molecule has 2 aromatic carbocycles. The first kappa shape index (κ1) is 20.6. The maximum absolute atomic E-state index is 12.7. The molecule has 0 N–H and O–H groups in total. The normalized spacial score (nSPS) is 13.8. The summed E-state index contributed by atoms with van der Waals surface area (Å²) < 4.78 is 5.67. The molecule has 0 unspecified atom stereocenters. The lowest BCUT2D eigenvalue weighted by atomic mass is 10.1. The number of likely N-dealkylation sites (N-methyl/N-ethyl adjacent to an activating group) is 1. The van der Waals surface area contributed by atoms with Gasteiger partial charge in [0.2, 0.25) is 0 Å². The summed E-state index contributed by atoms with van der Waals surface area (Å²) in [5, 5.41) is 11.6. The van der Waals surface area contributed by atoms with E-state index in [1.54, 1.807) is 19.2 Å². The Bertz CT molecular complexity index is 861. The number of hydrogen-bond donors (Lipinski definition) is 0. The number of nitrogens with zero attached hydrogens (tertiary/aromatic N) is 3. The molecular weight excluding hydrogens is 370 g/mol. The van der Waals surface area contributed by atoms with Gasteiger partial charge in [0.25, 0.3) is 11.6 Å². The number of nitro groups is 1. The molecule has 1 aliphatic rings. The van der Waals surface area contributed by atoms with Gasteiger partial charge in [0.05, 0.1) is 11.5 Å². The van der Waals surface area contributed by atoms with Gasteiger partial charge in [-0.15, -0.1) is 0 Å². The van der Waals surface area contributed by atoms with Crippen LogP contribution < -0.4 is 9.64 Å². The SMILES string of the molecule is Cc1ccc(OCCN(C)C(=O)c2ccc(N3CCCCC3)c([N+](=O)[O-])c2)cc1. The van der Waals surface area contributed by atoms with Gasteiger partial charge in [-0.1, -0.05) is 17.7 Å². The maximum atomic E-state index is 12.7. The highest BCUT2D eigenvalue weighted by Gasteiger charge is 2.24. The smallest absolute Gasteiger partial charge is 0.293 e. The Morgan fingerprint density at radius 2 is 1.83 bits per heavy atom. The van der Waals surface area contributed by atoms with Crippen LogP contribution in [0.25, 0.3) is 0 Å². The van der Waals surface area contributed by atoms with Gasteiger partial charge in [0, 0.05) is 31.8 Å². The molecule has 0 bridgehead atoms. The summed E-state index contributed by atoms with van der Waals surface area (Å²) in [6, 6.07) is 12.5. The summed E-state index contributed by atoms with van der Waals surface area (Å²) >= 11 is 0. The van der Waals surface area contributed by atoms with E-state index in [0.29, 0.717) is 24.4 Å². The first-order chi connectivity index (χ1) is 14.0. The van der Waals surface area contributed by atoms with E-state index in [9.17, 15) is 14.9 Å². The Hall–Kier alpha value is -3.09. The van der Waals surface area contributed by atoms with E-state index in [1.807, 2.05) is 36.1 Å². The molecule has 1 saturated heterocycles. The van der Waals surface area contributed by atoms with Crippen molar-refractivity contribution in [1.82, 2.24) is 4.90 Å². The van der Waals surface area contributed by atoms with Crippen LogP contribution in [-0.2, 0) is 0 Å². The Morgan fingerprint density at radius 3 is 2.48 bits per heavy atom. The number of anilines is 1. The minimum Gasteiger partial charge on any atom is -0.492 e. The minimum atomic E-state index is -0.402. The second-order valence-electron chi connectivity index (χ2n) is 7.40. The van der Waals surface area contributed by atoms with Crippen molar-refractivity contribution in [2.24, 2.45) is 0 Å². The number of carbonyl (C=O) groups excluding carboxylic acids is 1. The second-order valence-corrected chi connectivity index (χ2v) is 7.40. The highest BCUT2D eigenvalue weighted by molar-refractivity contribution is 5.95. The van der Waals surface area contributed by atoms with Crippen molar-refractivity contribution >= 4 is 17.3 Å². The molecule has 0 aromatic heterocycles. The summed E-state index contributed by atoms with van der Waals surface area (Å²) in [6.07, 6.45) is 3.21. The largest absolute Gasteiger partial charge is 0.492 e. The fraction of sp³-hybridized carbons (Fsp3) is 0.409. The Morgan fingerprint density at radius 1 is 1.14 bits per heavy atom. The Balaban J connectivity index is 1.65. The fourth-order valence-electron chi connectivity index (χ4n) is 3.46. The molecule has 1 aliphatic heterocycles. The standard InChI is InChI=1S/C22H27N3O4/c1-17-6-9-19(10-7-17)29-15-14-23(2)22(26)18-8-11-20(21(16-18)25(27)28)24-12-4-3-5-13-24/h6-11,16H,3-5,12-15H2,1-2H3. The molecule has 1 fully saturated rings. The third kappa shape index (κ3) is 5.25. The van der Waals surface area contributed by atoms with Gasteiger partial charge >= 0.3 is 0 Å². The summed E-state index contributed by atoms with van der Waals surface area (Å²) in [5.41, 5.74) is 2.05. The van der Waals surface area contributed by atoms with Crippen molar-refractivity contribution in [2.45, 2.75) is 26.2 Å². The zero-order valence-electron chi connectivity index (χ0n) is 17.0. The summed E-state index contributed by atoms with van der Waals surface area (Å²) in [5.74, 6) is 0.490. The zero-order valence-corrected chi connectivity index (χ0v) is 17.0. The molecular formula is C22H27N3O4. The molecule has 2 aromatic rings. The van der Waals surface area contributed by atoms with Crippen LogP contribution in [0.4, 0.5) is 11.4 Å². The number of piperidine rings is 1. The number of aryl methyl sites for hydroxylation is 1. The molecule has 7 heteroatoms. The predicted octanol–water partition coefficient (Wildman–Crippen LogP) is 4.04. The van der Waals surface area contributed by atoms with Crippen LogP contribution in [0.2, 0.25) is 0 Å². The molecule has 1 amide bonds. The quantitative estimate of drug-likeness (QED) is 0.520. The maximum Gasteiger partial charge on any atom is 0.293 e. The van der Waals surface area contributed by atoms with Crippen molar-refractivity contribution in [3.05, 3.63) is 63.7 Å². The summed E-state index contributed by atoms with van der Waals surface area (Å²) in [6.45, 7) is 4.36. The van der Waals surface area contributed by atoms with Gasteiger partial charge in [-0.2, -0.15) is 0 Å². The van der Waals surface area contributed by atoms with Crippen LogP contribution in [0.15, 0.2) is 42.5 Å². The molecule has 7 nitrogen and oxygen atoms in total. The molecule has 0 saturated carbocycles. The van der Waals surface area contributed by atoms with Crippen LogP contribution in [0.3, 0.4) is 0 Å². The van der Waals surface area contributed by atoms with Gasteiger partial charge in [-0.25, -0.2) is 0 Å². The second kappa shape index (κ2) is 9.41. The van der Waals surface area contributed by atoms with Gasteiger partial charge in [-0.05, 0) is 50.5 Å². The van der Waals surface area contributed by atoms with Gasteiger partial charge in [0.15, 0.2) is 0 Å². The van der Waals surface area contributed by atoms with E-state index in [0.717, 1.165) is 43.7 Å². The third-order valence-corrected chi connectivity index (χ3v) is 5.18. The highest BCUT2D eigenvalue weighted by atomic mass is 16.6. The molecule has 3 rings (SSSR count). The molecule has 1 heterocycles. The lowest BCUT2D eigenvalue weighted by molar-refractivity contribution is -0.384. The molecule has 0 aliphatic carbocycles. The van der Waals surface area contributed by atoms with E-state index in [-0.39, 0.29) is 11.6 Å². The lowest BCUT2D eigenvalue weighted by Crippen LogP contribution is -2.32. The summed E-state index contributed by atoms with van der Waals surface area (Å²) in [7, 11) is 1.67. The van der Waals surface area contributed by atoms with Crippen LogP contribution in [0.5, 0.6) is 5.75 Å². The molecule has 0 radical (unpaired) electrons. The van der Waals surface area contributed by atoms with Crippen LogP contribution in [0.1, 0.15) is 35.2 Å². The number of rotatable bonds is 7. The topological polar surface area (TPSA) is 75.9 Å². The molecule has 29 heavy (non-hydrogen) atoms. The number of nitro benzene ring substituents is 1. The highest BCUT2D eigenvalue weighted by Crippen LogP contribution is 2.31. The van der Waals surface area contributed by atoms with Gasteiger partial charge in [0.1, 0.15) is 18.0 Å². The van der Waals surface area contributed by atoms with Crippen molar-refractivity contribution in [3.63, 3.8) is 0 Å². The minimum absolute atomic E-state index is 0.0120. The third-order valence-electron chi connectivity index (χ3n) is 5.18. The fourth-order valence-corrected chi connectivity index (χ4v) is 3.46. The average Bonchev–Trinajstić information content (AvgIpc) is 2.74. The predicted molar refractivity (Wildman–Crippen MR) is 113 cm³/mol. The van der Waals surface area contributed by atoms with E-state index in [4.69, 9.17) is 4.74 Å². The van der Waals surface area contributed by atoms with Crippen LogP contribution in [-0.4, -0.2) is 49.0 Å². The molecule has 0 spiro atoms. The van der Waals surface area contributed by atoms with Crippen molar-refractivity contribution in [2.75, 3.05) is 38.2 Å². The zero-order chi connectivity index (χ0) is 20.8. The summed E-state index contributed by atoms with van der Waals surface area (Å²) in [4.78, 5) is 27.5. The average molecular weight is 397 g/mol. The number of benzene rings is 2. The Kier molecular flexibility index (Phi) is 6.69. The monoisotopic (exact) mass is 397 g/mol. The lowest BCUT2D eigenvalue weighted by Gasteiger charge is -2.28. The van der Waals surface area contributed by atoms with E-state index in [1.165, 1.54) is 11.0 Å². The number of amides is 1. The van der Waals surface area contributed by atoms with Crippen LogP contribution in [0, 0.1) is 17.0 Å². The molecule has 0 atom stereocenters. The number of ether oxygens (including phenoxy) is 1. The van der Waals surface area contributed by atoms with Crippen molar-refractivity contribution in [1.29, 1.82) is 0 Å². The van der Waals surface area contributed by atoms with Crippen molar-refractivity contribution < 1.29 is 14.5 Å². The van der Waals surface area contributed by atoms with E-state index < -0.39 is 4.92 Å². The van der Waals surface area contributed by atoms with Gasteiger partial charge in [-0.3, -0.25) is 14.9 Å².